The number of carbonyl (C=O) groups excluding carboxylic acids is 1. The third-order valence-corrected chi connectivity index (χ3v) is 6.77. The number of amides is 2. The molecule has 6 nitrogen and oxygen atoms in total. The molecule has 0 radical (unpaired) electrons. The lowest BCUT2D eigenvalue weighted by Gasteiger charge is -2.35. The van der Waals surface area contributed by atoms with Gasteiger partial charge in [0.2, 0.25) is 0 Å². The van der Waals surface area contributed by atoms with Crippen molar-refractivity contribution in [3.05, 3.63) is 65.5 Å². The Morgan fingerprint density at radius 3 is 2.84 bits per heavy atom. The normalized spacial score (nSPS) is 24.9. The van der Waals surface area contributed by atoms with E-state index in [2.05, 4.69) is 11.9 Å². The molecule has 1 fully saturated rings. The molecule has 0 N–H and O–H groups in total. The highest BCUT2D eigenvalue weighted by Gasteiger charge is 2.46. The molecule has 0 aliphatic carbocycles. The van der Waals surface area contributed by atoms with Gasteiger partial charge in [0, 0.05) is 25.7 Å². The maximum Gasteiger partial charge on any atom is 0.340 e. The smallest absolute Gasteiger partial charge is 0.340 e. The molecule has 0 aromatic heterocycles. The minimum Gasteiger partial charge on any atom is -0.492 e. The van der Waals surface area contributed by atoms with Crippen molar-refractivity contribution in [3.8, 4) is 5.75 Å². The van der Waals surface area contributed by atoms with Crippen molar-refractivity contribution in [2.45, 2.75) is 18.9 Å². The van der Waals surface area contributed by atoms with Crippen molar-refractivity contribution in [2.24, 2.45) is 16.9 Å². The van der Waals surface area contributed by atoms with Crippen molar-refractivity contribution >= 4 is 11.7 Å². The molecule has 0 spiro atoms. The molecule has 2 amide bonds. The molecule has 0 bridgehead atoms. The van der Waals surface area contributed by atoms with Crippen LogP contribution >= 0.6 is 0 Å². The van der Waals surface area contributed by atoms with Crippen LogP contribution in [0.3, 0.4) is 0 Å². The lowest BCUT2D eigenvalue weighted by molar-refractivity contribution is 0.118. The van der Waals surface area contributed by atoms with Gasteiger partial charge in [0.05, 0.1) is 24.3 Å². The molecule has 32 heavy (non-hydrogen) atoms. The van der Waals surface area contributed by atoms with Crippen LogP contribution in [0.15, 0.2) is 53.6 Å². The van der Waals surface area contributed by atoms with E-state index in [4.69, 9.17) is 9.84 Å². The number of nitrogens with zero attached hydrogens (tertiary/aromatic N) is 4. The SMILES string of the molecule is CN1CCC[C@H](CN(C)C(=O)N2N=C3c4cc(F)ccc4OCC3C2c2ccccc2)C1. The van der Waals surface area contributed by atoms with Crippen molar-refractivity contribution < 1.29 is 13.9 Å². The molecule has 3 atom stereocenters. The Morgan fingerprint density at radius 2 is 2.06 bits per heavy atom. The first kappa shape index (κ1) is 20.9. The van der Waals surface area contributed by atoms with Gasteiger partial charge in [-0.25, -0.2) is 14.2 Å². The fourth-order valence-corrected chi connectivity index (χ4v) is 5.25. The number of rotatable bonds is 3. The topological polar surface area (TPSA) is 48.4 Å². The fourth-order valence-electron chi connectivity index (χ4n) is 5.25. The maximum atomic E-state index is 14.0. The standard InChI is InChI=1S/C25H29FN4O2/c1-28-12-6-7-17(14-28)15-29(2)25(31)30-24(18-8-4-3-5-9-18)21-16-32-22-11-10-19(26)13-20(22)23(21)27-30/h3-5,8-11,13,17,21,24H,6-7,12,14-16H2,1-2H3/t17-,21?,24?/m0/s1. The second-order valence-corrected chi connectivity index (χ2v) is 9.18. The largest absolute Gasteiger partial charge is 0.492 e. The number of likely N-dealkylation sites (tertiary alicyclic amines) is 1. The summed E-state index contributed by atoms with van der Waals surface area (Å²) in [6.45, 7) is 3.20. The average molecular weight is 437 g/mol. The summed E-state index contributed by atoms with van der Waals surface area (Å²) in [5.41, 5.74) is 2.35. The molecular formula is C25H29FN4O2. The van der Waals surface area contributed by atoms with Crippen molar-refractivity contribution in [3.63, 3.8) is 0 Å². The van der Waals surface area contributed by atoms with Gasteiger partial charge in [0.25, 0.3) is 0 Å². The van der Waals surface area contributed by atoms with Crippen LogP contribution in [-0.4, -0.2) is 66.9 Å². The monoisotopic (exact) mass is 436 g/mol. The molecule has 5 rings (SSSR count). The lowest BCUT2D eigenvalue weighted by atomic mass is 9.86. The summed E-state index contributed by atoms with van der Waals surface area (Å²) >= 11 is 0. The minimum absolute atomic E-state index is 0.132. The zero-order chi connectivity index (χ0) is 22.2. The van der Waals surface area contributed by atoms with Gasteiger partial charge in [0.1, 0.15) is 11.6 Å². The molecule has 3 aliphatic heterocycles. The molecule has 1 saturated heterocycles. The summed E-state index contributed by atoms with van der Waals surface area (Å²) in [5, 5.41) is 6.37. The predicted molar refractivity (Wildman–Crippen MR) is 121 cm³/mol. The average Bonchev–Trinajstić information content (AvgIpc) is 3.19. The first-order chi connectivity index (χ1) is 15.5. The van der Waals surface area contributed by atoms with Gasteiger partial charge in [-0.1, -0.05) is 30.3 Å². The van der Waals surface area contributed by atoms with Crippen LogP contribution in [0.1, 0.15) is 30.0 Å². The highest BCUT2D eigenvalue weighted by atomic mass is 19.1. The molecule has 7 heteroatoms. The maximum absolute atomic E-state index is 14.0. The van der Waals surface area contributed by atoms with Crippen LogP contribution in [-0.2, 0) is 0 Å². The number of hydrazone groups is 1. The number of halogens is 1. The molecule has 2 aromatic rings. The first-order valence-electron chi connectivity index (χ1n) is 11.3. The van der Waals surface area contributed by atoms with Gasteiger partial charge in [-0.2, -0.15) is 5.10 Å². The van der Waals surface area contributed by atoms with Gasteiger partial charge in [-0.05, 0) is 56.1 Å². The highest BCUT2D eigenvalue weighted by molar-refractivity contribution is 6.07. The van der Waals surface area contributed by atoms with E-state index in [1.54, 1.807) is 16.0 Å². The fraction of sp³-hybridized carbons (Fsp3) is 0.440. The van der Waals surface area contributed by atoms with E-state index in [-0.39, 0.29) is 23.8 Å². The zero-order valence-corrected chi connectivity index (χ0v) is 18.6. The van der Waals surface area contributed by atoms with Gasteiger partial charge < -0.3 is 14.5 Å². The van der Waals surface area contributed by atoms with E-state index in [1.807, 2.05) is 37.4 Å². The number of hydrogen-bond donors (Lipinski definition) is 0. The minimum atomic E-state index is -0.338. The second-order valence-electron chi connectivity index (χ2n) is 9.18. The summed E-state index contributed by atoms with van der Waals surface area (Å²) < 4.78 is 20.0. The predicted octanol–water partition coefficient (Wildman–Crippen LogP) is 3.99. The first-order valence-corrected chi connectivity index (χ1v) is 11.3. The zero-order valence-electron chi connectivity index (χ0n) is 18.6. The molecule has 0 saturated carbocycles. The Labute approximate surface area is 188 Å². The Kier molecular flexibility index (Phi) is 5.59. The van der Waals surface area contributed by atoms with Gasteiger partial charge in [-0.3, -0.25) is 0 Å². The van der Waals surface area contributed by atoms with Crippen molar-refractivity contribution in [1.82, 2.24) is 14.8 Å². The van der Waals surface area contributed by atoms with E-state index < -0.39 is 0 Å². The number of piperidine rings is 1. The Morgan fingerprint density at radius 1 is 1.25 bits per heavy atom. The molecule has 2 unspecified atom stereocenters. The number of hydrogen-bond acceptors (Lipinski definition) is 4. The molecule has 3 aliphatic rings. The molecule has 168 valence electrons. The van der Waals surface area contributed by atoms with Crippen LogP contribution in [0.4, 0.5) is 9.18 Å². The summed E-state index contributed by atoms with van der Waals surface area (Å²) in [6.07, 6.45) is 2.28. The van der Waals surface area contributed by atoms with Gasteiger partial charge in [-0.15, -0.1) is 0 Å². The summed E-state index contributed by atoms with van der Waals surface area (Å²) in [7, 11) is 3.98. The lowest BCUT2D eigenvalue weighted by Crippen LogP contribution is -2.45. The summed E-state index contributed by atoms with van der Waals surface area (Å²) in [6, 6.07) is 14.0. The Balaban J connectivity index is 1.46. The number of fused-ring (bicyclic) bond motifs is 3. The third-order valence-electron chi connectivity index (χ3n) is 6.77. The Bertz CT molecular complexity index is 1030. The highest BCUT2D eigenvalue weighted by Crippen LogP contribution is 2.43. The summed E-state index contributed by atoms with van der Waals surface area (Å²) in [5.74, 6) is 0.579. The van der Waals surface area contributed by atoms with Crippen LogP contribution in [0.5, 0.6) is 5.75 Å². The second kappa shape index (κ2) is 8.54. The third kappa shape index (κ3) is 3.86. The summed E-state index contributed by atoms with van der Waals surface area (Å²) in [4.78, 5) is 17.7. The van der Waals surface area contributed by atoms with Crippen molar-refractivity contribution in [2.75, 3.05) is 40.3 Å². The van der Waals surface area contributed by atoms with E-state index >= 15 is 0 Å². The number of carbonyl (C=O) groups is 1. The quantitative estimate of drug-likeness (QED) is 0.731. The van der Waals surface area contributed by atoms with Gasteiger partial charge in [0.15, 0.2) is 0 Å². The number of urea groups is 1. The van der Waals surface area contributed by atoms with E-state index in [9.17, 15) is 9.18 Å². The van der Waals surface area contributed by atoms with Gasteiger partial charge >= 0.3 is 6.03 Å². The van der Waals surface area contributed by atoms with Crippen molar-refractivity contribution in [1.29, 1.82) is 0 Å². The number of benzene rings is 2. The molecular weight excluding hydrogens is 407 g/mol. The van der Waals surface area contributed by atoms with Crippen LogP contribution < -0.4 is 4.74 Å². The van der Waals surface area contributed by atoms with E-state index in [1.165, 1.54) is 12.1 Å². The van der Waals surface area contributed by atoms with Crippen LogP contribution in [0.25, 0.3) is 0 Å². The van der Waals surface area contributed by atoms with Crippen LogP contribution in [0, 0.1) is 17.7 Å². The van der Waals surface area contributed by atoms with E-state index in [0.29, 0.717) is 30.4 Å². The molecule has 3 heterocycles. The Hall–Kier alpha value is -2.93. The molecule has 2 aromatic carbocycles. The number of ether oxygens (including phenoxy) is 1. The van der Waals surface area contributed by atoms with Crippen LogP contribution in [0.2, 0.25) is 0 Å². The van der Waals surface area contributed by atoms with E-state index in [0.717, 1.165) is 37.2 Å².